The lowest BCUT2D eigenvalue weighted by Gasteiger charge is -2.07. The lowest BCUT2D eigenvalue weighted by molar-refractivity contribution is 0.671. The molecule has 0 unspecified atom stereocenters. The molecule has 0 fully saturated rings. The summed E-state index contributed by atoms with van der Waals surface area (Å²) < 4.78 is 8.77. The summed E-state index contributed by atoms with van der Waals surface area (Å²) in [5.74, 6) is 0. The van der Waals surface area contributed by atoms with Gasteiger partial charge < -0.3 is 8.98 Å². The highest BCUT2D eigenvalue weighted by Gasteiger charge is 2.18. The fourth-order valence-corrected chi connectivity index (χ4v) is 4.39. The molecule has 4 aromatic carbocycles. The van der Waals surface area contributed by atoms with Crippen LogP contribution in [-0.4, -0.2) is 4.57 Å². The molecule has 6 rings (SSSR count). The smallest absolute Gasteiger partial charge is 0.160 e. The van der Waals surface area contributed by atoms with Crippen LogP contribution in [0.5, 0.6) is 0 Å². The number of hydrogen-bond acceptors (Lipinski definition) is 1. The first kappa shape index (κ1) is 15.5. The Morgan fingerprint density at radius 3 is 2.36 bits per heavy atom. The SMILES string of the molecule is CCc1ccc2oc3c(ccc4c5ccccc5n(-c5ccccc5)c43)c2c1. The van der Waals surface area contributed by atoms with Gasteiger partial charge in [-0.05, 0) is 48.4 Å². The maximum atomic E-state index is 6.44. The van der Waals surface area contributed by atoms with Gasteiger partial charge >= 0.3 is 0 Å². The van der Waals surface area contributed by atoms with E-state index in [9.17, 15) is 0 Å². The Kier molecular flexibility index (Phi) is 3.18. The van der Waals surface area contributed by atoms with Gasteiger partial charge in [-0.15, -0.1) is 0 Å². The molecule has 0 aliphatic heterocycles. The number of benzene rings is 4. The van der Waals surface area contributed by atoms with Crippen molar-refractivity contribution < 1.29 is 4.42 Å². The van der Waals surface area contributed by atoms with Gasteiger partial charge in [-0.2, -0.15) is 0 Å². The van der Waals surface area contributed by atoms with Gasteiger partial charge in [-0.1, -0.05) is 55.5 Å². The van der Waals surface area contributed by atoms with Crippen molar-refractivity contribution in [2.24, 2.45) is 0 Å². The average Bonchev–Trinajstić information content (AvgIpc) is 3.29. The van der Waals surface area contributed by atoms with E-state index < -0.39 is 0 Å². The maximum absolute atomic E-state index is 6.44. The first-order valence-corrected chi connectivity index (χ1v) is 9.78. The zero-order chi connectivity index (χ0) is 18.7. The summed E-state index contributed by atoms with van der Waals surface area (Å²) in [6, 6.07) is 30.1. The second-order valence-corrected chi connectivity index (χ2v) is 7.31. The minimum Gasteiger partial charge on any atom is -0.454 e. The Morgan fingerprint density at radius 1 is 0.714 bits per heavy atom. The van der Waals surface area contributed by atoms with Crippen molar-refractivity contribution in [3.05, 3.63) is 90.5 Å². The van der Waals surface area contributed by atoms with Crippen LogP contribution in [0, 0.1) is 0 Å². The Balaban J connectivity index is 1.86. The Bertz CT molecular complexity index is 1490. The van der Waals surface area contributed by atoms with Gasteiger partial charge in [0.1, 0.15) is 5.58 Å². The van der Waals surface area contributed by atoms with Crippen LogP contribution in [0.1, 0.15) is 12.5 Å². The van der Waals surface area contributed by atoms with Crippen LogP contribution in [0.4, 0.5) is 0 Å². The molecule has 0 bridgehead atoms. The second-order valence-electron chi connectivity index (χ2n) is 7.31. The summed E-state index contributed by atoms with van der Waals surface area (Å²) in [4.78, 5) is 0. The molecule has 2 heterocycles. The van der Waals surface area contributed by atoms with Crippen molar-refractivity contribution in [2.75, 3.05) is 0 Å². The molecule has 0 amide bonds. The van der Waals surface area contributed by atoms with E-state index in [1.807, 2.05) is 0 Å². The Labute approximate surface area is 162 Å². The zero-order valence-electron chi connectivity index (χ0n) is 15.6. The van der Waals surface area contributed by atoms with Gasteiger partial charge in [0, 0.05) is 27.2 Å². The van der Waals surface area contributed by atoms with E-state index in [2.05, 4.69) is 96.4 Å². The third-order valence-electron chi connectivity index (χ3n) is 5.76. The Hall–Kier alpha value is -3.52. The zero-order valence-corrected chi connectivity index (χ0v) is 15.6. The van der Waals surface area contributed by atoms with Gasteiger partial charge in [0.25, 0.3) is 0 Å². The van der Waals surface area contributed by atoms with E-state index in [0.717, 1.165) is 28.8 Å². The van der Waals surface area contributed by atoms with E-state index in [0.29, 0.717) is 0 Å². The molecule has 0 atom stereocenters. The molecule has 6 aromatic rings. The molecular weight excluding hydrogens is 342 g/mol. The second kappa shape index (κ2) is 5.74. The summed E-state index contributed by atoms with van der Waals surface area (Å²) in [5, 5.41) is 4.85. The normalized spacial score (nSPS) is 11.9. The molecule has 0 aliphatic rings. The lowest BCUT2D eigenvalue weighted by atomic mass is 10.1. The standard InChI is InChI=1S/C26H19NO/c1-2-17-12-15-24-22(16-17)21-14-13-20-19-10-6-7-11-23(19)27(25(20)26(21)28-24)18-8-4-3-5-9-18/h3-16H,2H2,1H3. The van der Waals surface area contributed by atoms with Crippen LogP contribution in [-0.2, 0) is 6.42 Å². The number of nitrogens with zero attached hydrogens (tertiary/aromatic N) is 1. The van der Waals surface area contributed by atoms with Crippen LogP contribution >= 0.6 is 0 Å². The van der Waals surface area contributed by atoms with E-state index in [1.165, 1.54) is 32.6 Å². The molecule has 0 radical (unpaired) electrons. The van der Waals surface area contributed by atoms with Crippen molar-refractivity contribution in [1.29, 1.82) is 0 Å². The summed E-state index contributed by atoms with van der Waals surface area (Å²) in [6.45, 7) is 2.19. The fraction of sp³-hybridized carbons (Fsp3) is 0.0769. The quantitative estimate of drug-likeness (QED) is 0.318. The van der Waals surface area contributed by atoms with Crippen molar-refractivity contribution in [1.82, 2.24) is 4.57 Å². The van der Waals surface area contributed by atoms with Crippen LogP contribution in [0.3, 0.4) is 0 Å². The lowest BCUT2D eigenvalue weighted by Crippen LogP contribution is -1.93. The van der Waals surface area contributed by atoms with Gasteiger partial charge in [0.2, 0.25) is 0 Å². The molecule has 2 heteroatoms. The van der Waals surface area contributed by atoms with E-state index in [-0.39, 0.29) is 0 Å². The summed E-state index contributed by atoms with van der Waals surface area (Å²) in [7, 11) is 0. The average molecular weight is 361 g/mol. The third kappa shape index (κ3) is 2.03. The van der Waals surface area contributed by atoms with Crippen LogP contribution < -0.4 is 0 Å². The highest BCUT2D eigenvalue weighted by molar-refractivity contribution is 6.21. The summed E-state index contributed by atoms with van der Waals surface area (Å²) in [6.07, 6.45) is 1.02. The molecular formula is C26H19NO. The molecule has 2 aromatic heterocycles. The van der Waals surface area contributed by atoms with E-state index in [4.69, 9.17) is 4.42 Å². The number of fused-ring (bicyclic) bond motifs is 7. The number of furan rings is 1. The van der Waals surface area contributed by atoms with E-state index in [1.54, 1.807) is 0 Å². The molecule has 0 spiro atoms. The van der Waals surface area contributed by atoms with Crippen LogP contribution in [0.25, 0.3) is 49.4 Å². The largest absolute Gasteiger partial charge is 0.454 e. The van der Waals surface area contributed by atoms with E-state index >= 15 is 0 Å². The highest BCUT2D eigenvalue weighted by Crippen LogP contribution is 2.40. The predicted octanol–water partition coefficient (Wildman–Crippen LogP) is 7.25. The Morgan fingerprint density at radius 2 is 1.50 bits per heavy atom. The first-order valence-electron chi connectivity index (χ1n) is 9.78. The molecule has 0 N–H and O–H groups in total. The van der Waals surface area contributed by atoms with Gasteiger partial charge in [0.15, 0.2) is 5.58 Å². The number of para-hydroxylation sites is 2. The molecule has 28 heavy (non-hydrogen) atoms. The number of aromatic nitrogens is 1. The number of rotatable bonds is 2. The molecule has 0 saturated carbocycles. The predicted molar refractivity (Wildman–Crippen MR) is 117 cm³/mol. The molecule has 2 nitrogen and oxygen atoms in total. The van der Waals surface area contributed by atoms with Gasteiger partial charge in [-0.25, -0.2) is 0 Å². The summed E-state index contributed by atoms with van der Waals surface area (Å²) in [5.41, 5.74) is 6.73. The molecule has 134 valence electrons. The van der Waals surface area contributed by atoms with Gasteiger partial charge in [-0.3, -0.25) is 0 Å². The number of aryl methyl sites for hydroxylation is 1. The van der Waals surface area contributed by atoms with Crippen LogP contribution in [0.15, 0.2) is 89.3 Å². The van der Waals surface area contributed by atoms with Crippen molar-refractivity contribution in [3.63, 3.8) is 0 Å². The van der Waals surface area contributed by atoms with Gasteiger partial charge in [0.05, 0.1) is 11.0 Å². The topological polar surface area (TPSA) is 18.1 Å². The summed E-state index contributed by atoms with van der Waals surface area (Å²) >= 11 is 0. The minimum absolute atomic E-state index is 0.949. The fourth-order valence-electron chi connectivity index (χ4n) is 4.39. The monoisotopic (exact) mass is 361 g/mol. The van der Waals surface area contributed by atoms with Crippen molar-refractivity contribution >= 4 is 43.7 Å². The molecule has 0 aliphatic carbocycles. The molecule has 0 saturated heterocycles. The van der Waals surface area contributed by atoms with Crippen molar-refractivity contribution in [3.8, 4) is 5.69 Å². The third-order valence-corrected chi connectivity index (χ3v) is 5.76. The number of hydrogen-bond donors (Lipinski definition) is 0. The first-order chi connectivity index (χ1) is 13.8. The minimum atomic E-state index is 0.949. The highest BCUT2D eigenvalue weighted by atomic mass is 16.3. The van der Waals surface area contributed by atoms with Crippen LogP contribution in [0.2, 0.25) is 0 Å². The van der Waals surface area contributed by atoms with Crippen molar-refractivity contribution in [2.45, 2.75) is 13.3 Å². The maximum Gasteiger partial charge on any atom is 0.160 e.